The van der Waals surface area contributed by atoms with E-state index in [1.54, 1.807) is 18.2 Å². The van der Waals surface area contributed by atoms with Gasteiger partial charge in [0.05, 0.1) is 17.6 Å². The van der Waals surface area contributed by atoms with E-state index in [1.807, 2.05) is 43.4 Å². The third-order valence-corrected chi connectivity index (χ3v) is 7.33. The molecule has 6 heteroatoms. The zero-order valence-corrected chi connectivity index (χ0v) is 22.7. The van der Waals surface area contributed by atoms with Crippen molar-refractivity contribution in [3.63, 3.8) is 0 Å². The van der Waals surface area contributed by atoms with Gasteiger partial charge in [-0.15, -0.1) is 0 Å². The highest BCUT2D eigenvalue weighted by atomic mass is 79.9. The fourth-order valence-corrected chi connectivity index (χ4v) is 5.25. The fraction of sp³-hybridized carbons (Fsp3) is 0.333. The first kappa shape index (κ1) is 26.0. The van der Waals surface area contributed by atoms with Crippen LogP contribution in [0.5, 0.6) is 11.5 Å². The predicted molar refractivity (Wildman–Crippen MR) is 147 cm³/mol. The van der Waals surface area contributed by atoms with Gasteiger partial charge in [-0.3, -0.25) is 4.79 Å². The van der Waals surface area contributed by atoms with Crippen molar-refractivity contribution < 1.29 is 14.3 Å². The lowest BCUT2D eigenvalue weighted by Gasteiger charge is -2.34. The molecule has 0 spiro atoms. The Bertz CT molecular complexity index is 1200. The second kappa shape index (κ2) is 12.2. The summed E-state index contributed by atoms with van der Waals surface area (Å²) in [5, 5.41) is 0. The van der Waals surface area contributed by atoms with Crippen molar-refractivity contribution >= 4 is 27.4 Å². The maximum atomic E-state index is 13.7. The number of amides is 1. The molecule has 0 bridgehead atoms. The van der Waals surface area contributed by atoms with Crippen molar-refractivity contribution in [3.8, 4) is 11.5 Å². The lowest BCUT2D eigenvalue weighted by atomic mass is 9.79. The summed E-state index contributed by atoms with van der Waals surface area (Å²) in [6.07, 6.45) is 8.13. The molecule has 1 aliphatic carbocycles. The van der Waals surface area contributed by atoms with Crippen molar-refractivity contribution in [1.29, 1.82) is 0 Å². The summed E-state index contributed by atoms with van der Waals surface area (Å²) in [5.74, 6) is 1.13. The molecule has 3 aromatic rings. The van der Waals surface area contributed by atoms with Crippen molar-refractivity contribution in [2.75, 3.05) is 14.2 Å². The molecule has 0 N–H and O–H groups in total. The molecule has 0 saturated carbocycles. The van der Waals surface area contributed by atoms with Gasteiger partial charge in [-0.25, -0.2) is 4.98 Å². The number of ether oxygens (including phenoxy) is 2. The average Bonchev–Trinajstić information content (AvgIpc) is 2.92. The summed E-state index contributed by atoms with van der Waals surface area (Å²) < 4.78 is 12.4. The van der Waals surface area contributed by atoms with E-state index in [4.69, 9.17) is 9.47 Å². The molecule has 4 rings (SSSR count). The third-order valence-electron chi connectivity index (χ3n) is 6.76. The van der Waals surface area contributed by atoms with Crippen LogP contribution in [0.1, 0.15) is 54.2 Å². The number of carbonyl (C=O) groups excluding carboxylic acids is 1. The minimum Gasteiger partial charge on any atom is -0.491 e. The number of halogens is 1. The van der Waals surface area contributed by atoms with Crippen LogP contribution in [-0.2, 0) is 6.61 Å². The summed E-state index contributed by atoms with van der Waals surface area (Å²) in [6, 6.07) is 20.4. The normalized spacial score (nSPS) is 17.3. The Hall–Kier alpha value is -3.12. The Morgan fingerprint density at radius 1 is 1.06 bits per heavy atom. The van der Waals surface area contributed by atoms with Crippen LogP contribution in [0.3, 0.4) is 0 Å². The number of likely N-dealkylation sites (N-methyl/N-ethyl adjacent to an activating group) is 1. The Morgan fingerprint density at radius 2 is 1.75 bits per heavy atom. The van der Waals surface area contributed by atoms with Crippen LogP contribution >= 0.6 is 15.9 Å². The van der Waals surface area contributed by atoms with Gasteiger partial charge in [0.2, 0.25) is 0 Å². The molecule has 0 radical (unpaired) electrons. The van der Waals surface area contributed by atoms with Crippen molar-refractivity contribution in [3.05, 3.63) is 94.2 Å². The van der Waals surface area contributed by atoms with Gasteiger partial charge in [0, 0.05) is 13.2 Å². The molecule has 2 atom stereocenters. The maximum Gasteiger partial charge on any atom is 0.276 e. The SMILES string of the molecule is CCCC1CCC(N(C)C(=O)c2ncc(Br)c(OCc3ccccc3)c2OC)C=C1c1ccccc1. The van der Waals surface area contributed by atoms with Crippen LogP contribution < -0.4 is 9.47 Å². The topological polar surface area (TPSA) is 51.7 Å². The molecule has 0 fully saturated rings. The van der Waals surface area contributed by atoms with Gasteiger partial charge in [0.1, 0.15) is 6.61 Å². The first-order valence-electron chi connectivity index (χ1n) is 12.5. The van der Waals surface area contributed by atoms with E-state index in [0.717, 1.165) is 31.2 Å². The lowest BCUT2D eigenvalue weighted by Crippen LogP contribution is -2.38. The number of allylic oxidation sites excluding steroid dienone is 1. The molecule has 36 heavy (non-hydrogen) atoms. The molecule has 1 heterocycles. The van der Waals surface area contributed by atoms with Gasteiger partial charge in [0.15, 0.2) is 17.2 Å². The monoisotopic (exact) mass is 548 g/mol. The number of nitrogens with zero attached hydrogens (tertiary/aromatic N) is 2. The highest BCUT2D eigenvalue weighted by molar-refractivity contribution is 9.10. The number of hydrogen-bond donors (Lipinski definition) is 0. The molecule has 1 aromatic heterocycles. The van der Waals surface area contributed by atoms with E-state index in [-0.39, 0.29) is 17.6 Å². The summed E-state index contributed by atoms with van der Waals surface area (Å²) in [7, 11) is 3.39. The van der Waals surface area contributed by atoms with Crippen LogP contribution in [0.4, 0.5) is 0 Å². The summed E-state index contributed by atoms with van der Waals surface area (Å²) in [5.41, 5.74) is 3.83. The first-order valence-corrected chi connectivity index (χ1v) is 13.3. The molecule has 1 amide bonds. The lowest BCUT2D eigenvalue weighted by molar-refractivity contribution is 0.0737. The van der Waals surface area contributed by atoms with E-state index in [1.165, 1.54) is 11.1 Å². The van der Waals surface area contributed by atoms with Crippen molar-refractivity contribution in [2.45, 2.75) is 45.3 Å². The van der Waals surface area contributed by atoms with Gasteiger partial charge in [-0.05, 0) is 57.8 Å². The van der Waals surface area contributed by atoms with E-state index < -0.39 is 0 Å². The maximum absolute atomic E-state index is 13.7. The average molecular weight is 550 g/mol. The molecule has 188 valence electrons. The molecule has 0 saturated heterocycles. The number of carbonyl (C=O) groups is 1. The third kappa shape index (κ3) is 5.81. The number of hydrogen-bond acceptors (Lipinski definition) is 4. The highest BCUT2D eigenvalue weighted by Crippen LogP contribution is 2.40. The minimum absolute atomic E-state index is 0.0235. The van der Waals surface area contributed by atoms with E-state index in [0.29, 0.717) is 28.5 Å². The van der Waals surface area contributed by atoms with Crippen LogP contribution in [-0.4, -0.2) is 36.0 Å². The van der Waals surface area contributed by atoms with Crippen LogP contribution in [0.2, 0.25) is 0 Å². The summed E-state index contributed by atoms with van der Waals surface area (Å²) in [6.45, 7) is 2.58. The van der Waals surface area contributed by atoms with Gasteiger partial charge >= 0.3 is 0 Å². The Morgan fingerprint density at radius 3 is 2.42 bits per heavy atom. The highest BCUT2D eigenvalue weighted by Gasteiger charge is 2.31. The quantitative estimate of drug-likeness (QED) is 0.284. The number of pyridine rings is 1. The Kier molecular flexibility index (Phi) is 8.81. The predicted octanol–water partition coefficient (Wildman–Crippen LogP) is 7.17. The molecule has 1 aliphatic rings. The number of rotatable bonds is 9. The molecule has 2 unspecified atom stereocenters. The smallest absolute Gasteiger partial charge is 0.276 e. The van der Waals surface area contributed by atoms with Gasteiger partial charge in [0.25, 0.3) is 5.91 Å². The summed E-state index contributed by atoms with van der Waals surface area (Å²) in [4.78, 5) is 19.9. The molecule has 0 aliphatic heterocycles. The van der Waals surface area contributed by atoms with Crippen LogP contribution in [0.25, 0.3) is 5.57 Å². The summed E-state index contributed by atoms with van der Waals surface area (Å²) >= 11 is 3.51. The van der Waals surface area contributed by atoms with Crippen molar-refractivity contribution in [1.82, 2.24) is 9.88 Å². The van der Waals surface area contributed by atoms with Gasteiger partial charge in [-0.2, -0.15) is 0 Å². The van der Waals surface area contributed by atoms with Gasteiger partial charge < -0.3 is 14.4 Å². The standard InChI is InChI=1S/C30H33BrN2O3/c1-4-11-22-16-17-24(18-25(22)23-14-9-6-10-15-23)33(2)30(34)27-29(35-3)28(26(31)19-32-27)36-20-21-12-7-5-8-13-21/h5-10,12-15,18-19,22,24H,4,11,16-17,20H2,1-3H3. The Balaban J connectivity index is 1.61. The second-order valence-electron chi connectivity index (χ2n) is 9.13. The first-order chi connectivity index (χ1) is 17.5. The van der Waals surface area contributed by atoms with E-state index in [9.17, 15) is 4.79 Å². The van der Waals surface area contributed by atoms with Crippen LogP contribution in [0.15, 0.2) is 77.4 Å². The van der Waals surface area contributed by atoms with Gasteiger partial charge in [-0.1, -0.05) is 80.1 Å². The van der Waals surface area contributed by atoms with Crippen LogP contribution in [0, 0.1) is 5.92 Å². The minimum atomic E-state index is -0.188. The largest absolute Gasteiger partial charge is 0.491 e. The Labute approximate surface area is 222 Å². The molecular formula is C30H33BrN2O3. The van der Waals surface area contributed by atoms with Crippen molar-refractivity contribution in [2.24, 2.45) is 5.92 Å². The second-order valence-corrected chi connectivity index (χ2v) is 9.98. The van der Waals surface area contributed by atoms with E-state index >= 15 is 0 Å². The fourth-order valence-electron chi connectivity index (χ4n) is 4.85. The zero-order chi connectivity index (χ0) is 25.5. The zero-order valence-electron chi connectivity index (χ0n) is 21.1. The molecule has 2 aromatic carbocycles. The number of benzene rings is 2. The van der Waals surface area contributed by atoms with E-state index in [2.05, 4.69) is 58.2 Å². The molecular weight excluding hydrogens is 516 g/mol. The number of aromatic nitrogens is 1. The number of methoxy groups -OCH3 is 1. The molecule has 5 nitrogen and oxygen atoms in total.